The van der Waals surface area contributed by atoms with Crippen molar-refractivity contribution in [2.75, 3.05) is 11.4 Å². The highest BCUT2D eigenvalue weighted by atomic mass is 19.4. The van der Waals surface area contributed by atoms with Gasteiger partial charge < -0.3 is 4.90 Å². The van der Waals surface area contributed by atoms with Crippen molar-refractivity contribution in [2.45, 2.75) is 32.4 Å². The van der Waals surface area contributed by atoms with Crippen LogP contribution in [-0.2, 0) is 19.0 Å². The minimum atomic E-state index is -4.43. The summed E-state index contributed by atoms with van der Waals surface area (Å²) in [4.78, 5) is 1.81. The molecule has 0 unspecified atom stereocenters. The molecule has 0 saturated heterocycles. The van der Waals surface area contributed by atoms with Gasteiger partial charge >= 0.3 is 6.18 Å². The zero-order chi connectivity index (χ0) is 21.5. The monoisotopic (exact) mass is 417 g/mol. The van der Waals surface area contributed by atoms with Gasteiger partial charge in [0.2, 0.25) is 0 Å². The number of fused-ring (bicyclic) bond motifs is 1. The van der Waals surface area contributed by atoms with Gasteiger partial charge in [-0.1, -0.05) is 25.1 Å². The van der Waals surface area contributed by atoms with E-state index >= 15 is 0 Å². The van der Waals surface area contributed by atoms with Gasteiger partial charge in [0, 0.05) is 23.5 Å². The van der Waals surface area contributed by atoms with Crippen LogP contribution in [0.25, 0.3) is 11.1 Å². The largest absolute Gasteiger partial charge is 0.416 e. The average molecular weight is 417 g/mol. The van der Waals surface area contributed by atoms with E-state index in [2.05, 4.69) is 0 Å². The van der Waals surface area contributed by atoms with Gasteiger partial charge in [-0.2, -0.15) is 13.2 Å². The van der Waals surface area contributed by atoms with Gasteiger partial charge in [0.1, 0.15) is 11.6 Å². The third-order valence-corrected chi connectivity index (χ3v) is 5.49. The number of nitrogens with zero attached hydrogens (tertiary/aromatic N) is 1. The van der Waals surface area contributed by atoms with Crippen LogP contribution >= 0.6 is 0 Å². The van der Waals surface area contributed by atoms with Gasteiger partial charge in [0.15, 0.2) is 0 Å². The van der Waals surface area contributed by atoms with Crippen LogP contribution in [0.4, 0.5) is 33.3 Å². The summed E-state index contributed by atoms with van der Waals surface area (Å²) in [6.07, 6.45) is -2.51. The highest BCUT2D eigenvalue weighted by Gasteiger charge is 2.31. The predicted octanol–water partition coefficient (Wildman–Crippen LogP) is 7.30. The van der Waals surface area contributed by atoms with E-state index in [1.54, 1.807) is 25.1 Å². The molecule has 3 aromatic rings. The summed E-state index contributed by atoms with van der Waals surface area (Å²) < 4.78 is 68.4. The van der Waals surface area contributed by atoms with E-state index in [0.717, 1.165) is 42.3 Å². The van der Waals surface area contributed by atoms with Crippen molar-refractivity contribution in [1.29, 1.82) is 0 Å². The number of hydrogen-bond donors (Lipinski definition) is 0. The summed E-state index contributed by atoms with van der Waals surface area (Å²) in [5, 5.41) is 0. The van der Waals surface area contributed by atoms with Crippen molar-refractivity contribution >= 4 is 11.4 Å². The zero-order valence-corrected chi connectivity index (χ0v) is 16.4. The minimum Gasteiger partial charge on any atom is -0.341 e. The van der Waals surface area contributed by atoms with Crippen LogP contribution in [0.15, 0.2) is 54.6 Å². The van der Waals surface area contributed by atoms with Crippen molar-refractivity contribution in [1.82, 2.24) is 0 Å². The Morgan fingerprint density at radius 2 is 1.77 bits per heavy atom. The molecule has 0 aliphatic carbocycles. The summed E-state index contributed by atoms with van der Waals surface area (Å²) in [5.41, 5.74) is 2.35. The SMILES string of the molecule is CCc1cc(F)cc(-c2ccc3c(c2)N(c2cccc(C(F)(F)F)c2)CCC3)c1F. The Morgan fingerprint density at radius 1 is 0.967 bits per heavy atom. The molecule has 1 aliphatic heterocycles. The average Bonchev–Trinajstić information content (AvgIpc) is 2.73. The molecular weight excluding hydrogens is 397 g/mol. The zero-order valence-electron chi connectivity index (χ0n) is 16.4. The Labute approximate surface area is 171 Å². The number of rotatable bonds is 3. The Hall–Kier alpha value is -2.89. The second kappa shape index (κ2) is 7.74. The Bertz CT molecular complexity index is 1090. The molecule has 3 aromatic carbocycles. The van der Waals surface area contributed by atoms with Crippen molar-refractivity contribution in [3.8, 4) is 11.1 Å². The molecular formula is C24H20F5N. The maximum absolute atomic E-state index is 14.9. The van der Waals surface area contributed by atoms with Crippen LogP contribution in [0.5, 0.6) is 0 Å². The van der Waals surface area contributed by atoms with Crippen LogP contribution in [0.3, 0.4) is 0 Å². The van der Waals surface area contributed by atoms with Crippen LogP contribution in [0.1, 0.15) is 30.0 Å². The van der Waals surface area contributed by atoms with Gasteiger partial charge in [-0.25, -0.2) is 8.78 Å². The van der Waals surface area contributed by atoms with Crippen molar-refractivity contribution < 1.29 is 22.0 Å². The molecule has 0 aromatic heterocycles. The molecule has 0 spiro atoms. The number of halogens is 5. The first-order valence-corrected chi connectivity index (χ1v) is 9.84. The summed E-state index contributed by atoms with van der Waals surface area (Å²) in [5.74, 6) is -0.990. The van der Waals surface area contributed by atoms with Crippen LogP contribution < -0.4 is 4.90 Å². The quantitative estimate of drug-likeness (QED) is 0.404. The molecule has 6 heteroatoms. The van der Waals surface area contributed by atoms with E-state index in [4.69, 9.17) is 0 Å². The Kier molecular flexibility index (Phi) is 5.26. The first kappa shape index (κ1) is 20.4. The summed E-state index contributed by atoms with van der Waals surface area (Å²) >= 11 is 0. The molecule has 30 heavy (non-hydrogen) atoms. The van der Waals surface area contributed by atoms with E-state index in [-0.39, 0.29) is 11.1 Å². The fourth-order valence-electron chi connectivity index (χ4n) is 3.97. The lowest BCUT2D eigenvalue weighted by Gasteiger charge is -2.32. The lowest BCUT2D eigenvalue weighted by Crippen LogP contribution is -2.25. The highest BCUT2D eigenvalue weighted by molar-refractivity contribution is 5.76. The minimum absolute atomic E-state index is 0.157. The number of hydrogen-bond acceptors (Lipinski definition) is 1. The van der Waals surface area contributed by atoms with E-state index in [1.165, 1.54) is 12.1 Å². The summed E-state index contributed by atoms with van der Waals surface area (Å²) in [6.45, 7) is 2.30. The number of alkyl halides is 3. The first-order valence-electron chi connectivity index (χ1n) is 9.84. The van der Waals surface area contributed by atoms with Gasteiger partial charge in [-0.3, -0.25) is 0 Å². The topological polar surface area (TPSA) is 3.24 Å². The van der Waals surface area contributed by atoms with Gasteiger partial charge in [-0.05, 0) is 72.4 Å². The molecule has 0 fully saturated rings. The molecule has 0 amide bonds. The molecule has 0 N–H and O–H groups in total. The summed E-state index contributed by atoms with van der Waals surface area (Å²) in [6, 6.07) is 12.9. The molecule has 1 aliphatic rings. The van der Waals surface area contributed by atoms with Crippen LogP contribution in [-0.4, -0.2) is 6.54 Å². The van der Waals surface area contributed by atoms with Crippen molar-refractivity contribution in [3.05, 3.63) is 82.9 Å². The Morgan fingerprint density at radius 3 is 2.50 bits per heavy atom. The molecule has 156 valence electrons. The first-order chi connectivity index (χ1) is 14.3. The fraction of sp³-hybridized carbons (Fsp3) is 0.250. The number of aryl methyl sites for hydroxylation is 2. The molecule has 0 radical (unpaired) electrons. The van der Waals surface area contributed by atoms with Crippen LogP contribution in [0, 0.1) is 11.6 Å². The molecule has 1 heterocycles. The highest BCUT2D eigenvalue weighted by Crippen LogP contribution is 2.39. The van der Waals surface area contributed by atoms with E-state index in [0.29, 0.717) is 24.2 Å². The third kappa shape index (κ3) is 3.78. The molecule has 1 nitrogen and oxygen atoms in total. The van der Waals surface area contributed by atoms with E-state index < -0.39 is 23.4 Å². The van der Waals surface area contributed by atoms with Crippen LogP contribution in [0.2, 0.25) is 0 Å². The smallest absolute Gasteiger partial charge is 0.341 e. The molecule has 0 atom stereocenters. The molecule has 0 saturated carbocycles. The fourth-order valence-corrected chi connectivity index (χ4v) is 3.97. The number of benzene rings is 3. The predicted molar refractivity (Wildman–Crippen MR) is 108 cm³/mol. The maximum Gasteiger partial charge on any atom is 0.416 e. The summed E-state index contributed by atoms with van der Waals surface area (Å²) in [7, 11) is 0. The van der Waals surface area contributed by atoms with E-state index in [9.17, 15) is 22.0 Å². The molecule has 0 bridgehead atoms. The van der Waals surface area contributed by atoms with Gasteiger partial charge in [-0.15, -0.1) is 0 Å². The van der Waals surface area contributed by atoms with Crippen molar-refractivity contribution in [3.63, 3.8) is 0 Å². The molecule has 4 rings (SSSR count). The lowest BCUT2D eigenvalue weighted by molar-refractivity contribution is -0.137. The normalized spacial score (nSPS) is 14.0. The third-order valence-electron chi connectivity index (χ3n) is 5.49. The Balaban J connectivity index is 1.81. The van der Waals surface area contributed by atoms with Crippen molar-refractivity contribution in [2.24, 2.45) is 0 Å². The van der Waals surface area contributed by atoms with Gasteiger partial charge in [0.25, 0.3) is 0 Å². The maximum atomic E-state index is 14.9. The lowest BCUT2D eigenvalue weighted by atomic mass is 9.94. The second-order valence-electron chi connectivity index (χ2n) is 7.43. The second-order valence-corrected chi connectivity index (χ2v) is 7.43. The number of anilines is 2. The van der Waals surface area contributed by atoms with E-state index in [1.807, 2.05) is 11.0 Å². The standard InChI is InChI=1S/C24H20F5N/c1-2-15-11-19(25)14-21(23(15)26)17-9-8-16-5-4-10-30(22(16)12-17)20-7-3-6-18(13-20)24(27,28)29/h3,6-9,11-14H,2,4-5,10H2,1H3. The van der Waals surface area contributed by atoms with Gasteiger partial charge in [0.05, 0.1) is 5.56 Å².